The van der Waals surface area contributed by atoms with Crippen molar-refractivity contribution < 1.29 is 14.3 Å². The maximum atomic E-state index is 11.3. The van der Waals surface area contributed by atoms with Crippen molar-refractivity contribution in [3.05, 3.63) is 64.2 Å². The SMILES string of the molecule is COC(=O)c1ccc(COc2cccc(Cl)c2CN)cc1. The van der Waals surface area contributed by atoms with Gasteiger partial charge in [-0.2, -0.15) is 0 Å². The minimum absolute atomic E-state index is 0.316. The van der Waals surface area contributed by atoms with Gasteiger partial charge in [-0.1, -0.05) is 29.8 Å². The Bertz CT molecular complexity index is 626. The Morgan fingerprint density at radius 1 is 1.19 bits per heavy atom. The summed E-state index contributed by atoms with van der Waals surface area (Å²) in [5.41, 5.74) is 7.90. The minimum atomic E-state index is -0.359. The average Bonchev–Trinajstić information content (AvgIpc) is 2.52. The highest BCUT2D eigenvalue weighted by Gasteiger charge is 2.08. The van der Waals surface area contributed by atoms with Crippen LogP contribution in [0, 0.1) is 0 Å². The Hall–Kier alpha value is -2.04. The summed E-state index contributed by atoms with van der Waals surface area (Å²) in [6.07, 6.45) is 0. The van der Waals surface area contributed by atoms with Gasteiger partial charge in [-0.15, -0.1) is 0 Å². The van der Waals surface area contributed by atoms with E-state index in [0.717, 1.165) is 11.1 Å². The first-order chi connectivity index (χ1) is 10.2. The second-order valence-corrected chi connectivity index (χ2v) is 4.81. The predicted molar refractivity (Wildman–Crippen MR) is 81.5 cm³/mol. The van der Waals surface area contributed by atoms with Crippen LogP contribution in [0.5, 0.6) is 5.75 Å². The Morgan fingerprint density at radius 2 is 1.90 bits per heavy atom. The fraction of sp³-hybridized carbons (Fsp3) is 0.188. The van der Waals surface area contributed by atoms with E-state index in [1.807, 2.05) is 24.3 Å². The van der Waals surface area contributed by atoms with Crippen LogP contribution in [-0.4, -0.2) is 13.1 Å². The zero-order valence-electron chi connectivity index (χ0n) is 11.6. The highest BCUT2D eigenvalue weighted by Crippen LogP contribution is 2.26. The molecule has 0 atom stereocenters. The molecule has 0 saturated heterocycles. The van der Waals surface area contributed by atoms with E-state index in [1.165, 1.54) is 7.11 Å². The molecule has 2 N–H and O–H groups in total. The fourth-order valence-electron chi connectivity index (χ4n) is 1.89. The molecule has 0 radical (unpaired) electrons. The van der Waals surface area contributed by atoms with Gasteiger partial charge in [0.05, 0.1) is 12.7 Å². The Balaban J connectivity index is 2.07. The second-order valence-electron chi connectivity index (χ2n) is 4.40. The number of nitrogens with two attached hydrogens (primary N) is 1. The molecule has 0 spiro atoms. The molecule has 0 heterocycles. The van der Waals surface area contributed by atoms with Crippen molar-refractivity contribution in [2.24, 2.45) is 5.73 Å². The second kappa shape index (κ2) is 7.11. The molecule has 0 amide bonds. The van der Waals surface area contributed by atoms with Crippen LogP contribution in [0.3, 0.4) is 0 Å². The fourth-order valence-corrected chi connectivity index (χ4v) is 2.13. The molecule has 0 aliphatic carbocycles. The van der Waals surface area contributed by atoms with Crippen molar-refractivity contribution >= 4 is 17.6 Å². The maximum Gasteiger partial charge on any atom is 0.337 e. The first kappa shape index (κ1) is 15.4. The number of hydrogen-bond acceptors (Lipinski definition) is 4. The summed E-state index contributed by atoms with van der Waals surface area (Å²) in [7, 11) is 1.35. The Kier molecular flexibility index (Phi) is 5.20. The van der Waals surface area contributed by atoms with Crippen molar-refractivity contribution in [1.82, 2.24) is 0 Å². The average molecular weight is 306 g/mol. The van der Waals surface area contributed by atoms with E-state index in [-0.39, 0.29) is 5.97 Å². The van der Waals surface area contributed by atoms with Gasteiger partial charge in [0, 0.05) is 17.1 Å². The molecule has 0 aliphatic rings. The van der Waals surface area contributed by atoms with Crippen LogP contribution in [-0.2, 0) is 17.9 Å². The number of esters is 1. The lowest BCUT2D eigenvalue weighted by Gasteiger charge is -2.12. The third kappa shape index (κ3) is 3.74. The first-order valence-electron chi connectivity index (χ1n) is 6.43. The summed E-state index contributed by atoms with van der Waals surface area (Å²) in [5, 5.41) is 0.594. The number of halogens is 1. The van der Waals surface area contributed by atoms with Crippen molar-refractivity contribution in [2.45, 2.75) is 13.2 Å². The standard InChI is InChI=1S/C16H16ClNO3/c1-20-16(19)12-7-5-11(6-8-12)10-21-15-4-2-3-14(17)13(15)9-18/h2-8H,9-10,18H2,1H3. The summed E-state index contributed by atoms with van der Waals surface area (Å²) in [4.78, 5) is 11.3. The van der Waals surface area contributed by atoms with Crippen LogP contribution >= 0.6 is 11.6 Å². The van der Waals surface area contributed by atoms with Crippen molar-refractivity contribution in [1.29, 1.82) is 0 Å². The lowest BCUT2D eigenvalue weighted by atomic mass is 10.1. The molecule has 110 valence electrons. The van der Waals surface area contributed by atoms with Crippen LogP contribution in [0.25, 0.3) is 0 Å². The van der Waals surface area contributed by atoms with E-state index in [2.05, 4.69) is 4.74 Å². The lowest BCUT2D eigenvalue weighted by Crippen LogP contribution is -2.04. The Labute approximate surface area is 128 Å². The van der Waals surface area contributed by atoms with Gasteiger partial charge < -0.3 is 15.2 Å². The van der Waals surface area contributed by atoms with E-state index in [1.54, 1.807) is 18.2 Å². The van der Waals surface area contributed by atoms with E-state index in [0.29, 0.717) is 29.5 Å². The number of hydrogen-bond donors (Lipinski definition) is 1. The molecule has 2 rings (SSSR count). The van der Waals surface area contributed by atoms with Crippen LogP contribution in [0.15, 0.2) is 42.5 Å². The molecule has 4 nitrogen and oxygen atoms in total. The topological polar surface area (TPSA) is 61.5 Å². The molecular weight excluding hydrogens is 290 g/mol. The van der Waals surface area contributed by atoms with Gasteiger partial charge in [-0.3, -0.25) is 0 Å². The van der Waals surface area contributed by atoms with Gasteiger partial charge in [0.2, 0.25) is 0 Å². The predicted octanol–water partition coefficient (Wildman–Crippen LogP) is 3.16. The van der Waals surface area contributed by atoms with Crippen LogP contribution in [0.2, 0.25) is 5.02 Å². The number of ether oxygens (including phenoxy) is 2. The quantitative estimate of drug-likeness (QED) is 0.862. The minimum Gasteiger partial charge on any atom is -0.489 e. The van der Waals surface area contributed by atoms with Gasteiger partial charge in [0.15, 0.2) is 0 Å². The zero-order chi connectivity index (χ0) is 15.2. The maximum absolute atomic E-state index is 11.3. The molecule has 0 bridgehead atoms. The normalized spacial score (nSPS) is 10.2. The molecule has 2 aromatic carbocycles. The zero-order valence-corrected chi connectivity index (χ0v) is 12.4. The van der Waals surface area contributed by atoms with Crippen molar-refractivity contribution in [3.8, 4) is 5.75 Å². The molecule has 0 aliphatic heterocycles. The van der Waals surface area contributed by atoms with E-state index >= 15 is 0 Å². The molecule has 21 heavy (non-hydrogen) atoms. The van der Waals surface area contributed by atoms with Crippen molar-refractivity contribution in [2.75, 3.05) is 7.11 Å². The lowest BCUT2D eigenvalue weighted by molar-refractivity contribution is 0.0600. The van der Waals surface area contributed by atoms with E-state index in [9.17, 15) is 4.79 Å². The van der Waals surface area contributed by atoms with E-state index in [4.69, 9.17) is 22.1 Å². The van der Waals surface area contributed by atoms with Gasteiger partial charge in [0.25, 0.3) is 0 Å². The highest BCUT2D eigenvalue weighted by atomic mass is 35.5. The van der Waals surface area contributed by atoms with Gasteiger partial charge >= 0.3 is 5.97 Å². The summed E-state index contributed by atoms with van der Waals surface area (Å²) in [6, 6.07) is 12.5. The van der Waals surface area contributed by atoms with Gasteiger partial charge in [-0.05, 0) is 29.8 Å². The van der Waals surface area contributed by atoms with Crippen molar-refractivity contribution in [3.63, 3.8) is 0 Å². The number of rotatable bonds is 5. The van der Waals surface area contributed by atoms with Gasteiger partial charge in [0.1, 0.15) is 12.4 Å². The number of carbonyl (C=O) groups is 1. The number of carbonyl (C=O) groups excluding carboxylic acids is 1. The molecule has 0 fully saturated rings. The number of methoxy groups -OCH3 is 1. The Morgan fingerprint density at radius 3 is 2.52 bits per heavy atom. The third-order valence-corrected chi connectivity index (χ3v) is 3.40. The molecule has 2 aromatic rings. The van der Waals surface area contributed by atoms with Crippen LogP contribution in [0.4, 0.5) is 0 Å². The van der Waals surface area contributed by atoms with E-state index < -0.39 is 0 Å². The largest absolute Gasteiger partial charge is 0.489 e. The third-order valence-electron chi connectivity index (χ3n) is 3.05. The molecule has 0 aromatic heterocycles. The van der Waals surface area contributed by atoms with Crippen LogP contribution in [0.1, 0.15) is 21.5 Å². The summed E-state index contributed by atoms with van der Waals surface area (Å²) < 4.78 is 10.4. The monoisotopic (exact) mass is 305 g/mol. The molecule has 5 heteroatoms. The summed E-state index contributed by atoms with van der Waals surface area (Å²) >= 11 is 6.07. The number of benzene rings is 2. The summed E-state index contributed by atoms with van der Waals surface area (Å²) in [6.45, 7) is 0.686. The molecular formula is C16H16ClNO3. The van der Waals surface area contributed by atoms with Crippen LogP contribution < -0.4 is 10.5 Å². The first-order valence-corrected chi connectivity index (χ1v) is 6.81. The highest BCUT2D eigenvalue weighted by molar-refractivity contribution is 6.31. The smallest absolute Gasteiger partial charge is 0.337 e. The summed E-state index contributed by atoms with van der Waals surface area (Å²) in [5.74, 6) is 0.310. The van der Waals surface area contributed by atoms with Gasteiger partial charge in [-0.25, -0.2) is 4.79 Å². The molecule has 0 saturated carbocycles. The molecule has 0 unspecified atom stereocenters.